The molecule has 0 unspecified atom stereocenters. The summed E-state index contributed by atoms with van der Waals surface area (Å²) < 4.78 is 5.33. The lowest BCUT2D eigenvalue weighted by atomic mass is 10.0. The van der Waals surface area contributed by atoms with Crippen LogP contribution < -0.4 is 5.32 Å². The second-order valence-corrected chi connectivity index (χ2v) is 6.49. The molecule has 1 rings (SSSR count). The van der Waals surface area contributed by atoms with E-state index >= 15 is 0 Å². The van der Waals surface area contributed by atoms with Crippen LogP contribution in [0.5, 0.6) is 0 Å². The molecule has 1 aromatic rings. The molecule has 0 saturated heterocycles. The summed E-state index contributed by atoms with van der Waals surface area (Å²) in [5.74, 6) is -0.930. The first-order valence-corrected chi connectivity index (χ1v) is 7.13. The van der Waals surface area contributed by atoms with Crippen LogP contribution in [0.1, 0.15) is 45.0 Å². The van der Waals surface area contributed by atoms with Crippen molar-refractivity contribution in [2.24, 2.45) is 5.92 Å². The molecular formula is C15H21ClN2O3. The number of esters is 1. The fraction of sp³-hybridized carbons (Fsp3) is 0.533. The van der Waals surface area contributed by atoms with Gasteiger partial charge in [-0.3, -0.25) is 4.79 Å². The minimum Gasteiger partial charge on any atom is -0.458 e. The lowest BCUT2D eigenvalue weighted by Gasteiger charge is -2.26. The van der Waals surface area contributed by atoms with E-state index in [0.29, 0.717) is 10.7 Å². The van der Waals surface area contributed by atoms with Gasteiger partial charge >= 0.3 is 5.97 Å². The monoisotopic (exact) mass is 312 g/mol. The lowest BCUT2D eigenvalue weighted by molar-refractivity contribution is -0.158. The molecule has 0 aliphatic carbocycles. The molecule has 0 fully saturated rings. The van der Waals surface area contributed by atoms with Crippen LogP contribution in [0.15, 0.2) is 18.3 Å². The molecule has 1 N–H and O–H groups in total. The summed E-state index contributed by atoms with van der Waals surface area (Å²) in [5, 5.41) is 2.98. The maximum absolute atomic E-state index is 12.1. The average molecular weight is 313 g/mol. The maximum atomic E-state index is 12.1. The van der Waals surface area contributed by atoms with Gasteiger partial charge in [0.2, 0.25) is 0 Å². The van der Waals surface area contributed by atoms with Gasteiger partial charge < -0.3 is 10.1 Å². The first kappa shape index (κ1) is 17.4. The van der Waals surface area contributed by atoms with Crippen molar-refractivity contribution in [1.29, 1.82) is 0 Å². The summed E-state index contributed by atoms with van der Waals surface area (Å²) >= 11 is 5.68. The quantitative estimate of drug-likeness (QED) is 0.685. The summed E-state index contributed by atoms with van der Waals surface area (Å²) in [4.78, 5) is 28.1. The number of halogens is 1. The SMILES string of the molecule is CC(C)[C@@H](NC(=O)c1ccc(Cl)nc1)C(=O)OC(C)(C)C. The van der Waals surface area contributed by atoms with Gasteiger partial charge in [0.05, 0.1) is 5.56 Å². The second kappa shape index (κ2) is 6.89. The van der Waals surface area contributed by atoms with Crippen molar-refractivity contribution in [2.75, 3.05) is 0 Å². The van der Waals surface area contributed by atoms with Gasteiger partial charge in [0.25, 0.3) is 5.91 Å². The minimum absolute atomic E-state index is 0.0935. The Morgan fingerprint density at radius 3 is 2.33 bits per heavy atom. The molecule has 21 heavy (non-hydrogen) atoms. The van der Waals surface area contributed by atoms with Gasteiger partial charge in [0.15, 0.2) is 0 Å². The van der Waals surface area contributed by atoms with Crippen LogP contribution in [-0.4, -0.2) is 28.5 Å². The Kier molecular flexibility index (Phi) is 5.72. The van der Waals surface area contributed by atoms with E-state index < -0.39 is 17.6 Å². The number of hydrogen-bond acceptors (Lipinski definition) is 4. The number of rotatable bonds is 4. The highest BCUT2D eigenvalue weighted by Crippen LogP contribution is 2.13. The average Bonchev–Trinajstić information content (AvgIpc) is 2.33. The molecule has 0 aromatic carbocycles. The van der Waals surface area contributed by atoms with E-state index in [1.165, 1.54) is 12.3 Å². The molecule has 0 spiro atoms. The van der Waals surface area contributed by atoms with E-state index in [9.17, 15) is 9.59 Å². The molecule has 1 aromatic heterocycles. The predicted octanol–water partition coefficient (Wildman–Crippen LogP) is 2.83. The van der Waals surface area contributed by atoms with Crippen LogP contribution in [0.3, 0.4) is 0 Å². The second-order valence-electron chi connectivity index (χ2n) is 6.10. The van der Waals surface area contributed by atoms with E-state index in [1.54, 1.807) is 26.8 Å². The molecule has 116 valence electrons. The smallest absolute Gasteiger partial charge is 0.329 e. The Labute approximate surface area is 130 Å². The van der Waals surface area contributed by atoms with Crippen molar-refractivity contribution >= 4 is 23.5 Å². The number of hydrogen-bond donors (Lipinski definition) is 1. The zero-order chi connectivity index (χ0) is 16.2. The third-order valence-electron chi connectivity index (χ3n) is 2.60. The number of ether oxygens (including phenoxy) is 1. The van der Waals surface area contributed by atoms with E-state index in [2.05, 4.69) is 10.3 Å². The van der Waals surface area contributed by atoms with Gasteiger partial charge in [-0.2, -0.15) is 0 Å². The molecule has 0 aliphatic heterocycles. The van der Waals surface area contributed by atoms with Crippen LogP contribution in [0.25, 0.3) is 0 Å². The molecule has 1 heterocycles. The van der Waals surface area contributed by atoms with E-state index in [-0.39, 0.29) is 11.8 Å². The number of nitrogens with zero attached hydrogens (tertiary/aromatic N) is 1. The fourth-order valence-electron chi connectivity index (χ4n) is 1.60. The van der Waals surface area contributed by atoms with Crippen molar-refractivity contribution in [3.63, 3.8) is 0 Å². The van der Waals surface area contributed by atoms with Gasteiger partial charge in [0, 0.05) is 6.20 Å². The van der Waals surface area contributed by atoms with E-state index in [4.69, 9.17) is 16.3 Å². The zero-order valence-corrected chi connectivity index (χ0v) is 13.7. The normalized spacial score (nSPS) is 12.9. The molecule has 0 aliphatic rings. The number of amides is 1. The summed E-state index contributed by atoms with van der Waals surface area (Å²) in [7, 11) is 0. The largest absolute Gasteiger partial charge is 0.458 e. The Morgan fingerprint density at radius 2 is 1.90 bits per heavy atom. The number of pyridine rings is 1. The van der Waals surface area contributed by atoms with Crippen molar-refractivity contribution in [3.8, 4) is 0 Å². The molecule has 5 nitrogen and oxygen atoms in total. The van der Waals surface area contributed by atoms with Gasteiger partial charge in [-0.15, -0.1) is 0 Å². The molecule has 6 heteroatoms. The van der Waals surface area contributed by atoms with Crippen molar-refractivity contribution in [1.82, 2.24) is 10.3 Å². The molecule has 0 radical (unpaired) electrons. The molecule has 0 bridgehead atoms. The Balaban J connectivity index is 2.81. The number of carbonyl (C=O) groups excluding carboxylic acids is 2. The van der Waals surface area contributed by atoms with Crippen LogP contribution in [0.2, 0.25) is 5.15 Å². The number of aromatic nitrogens is 1. The summed E-state index contributed by atoms with van der Waals surface area (Å²) in [6, 6.07) is 2.36. The Bertz CT molecular complexity index is 507. The van der Waals surface area contributed by atoms with Crippen molar-refractivity contribution < 1.29 is 14.3 Å². The minimum atomic E-state index is -0.715. The lowest BCUT2D eigenvalue weighted by Crippen LogP contribution is -2.47. The molecule has 1 amide bonds. The fourth-order valence-corrected chi connectivity index (χ4v) is 1.71. The highest BCUT2D eigenvalue weighted by Gasteiger charge is 2.29. The molecule has 1 atom stereocenters. The van der Waals surface area contributed by atoms with E-state index in [1.807, 2.05) is 13.8 Å². The van der Waals surface area contributed by atoms with Gasteiger partial charge in [-0.25, -0.2) is 9.78 Å². The molecular weight excluding hydrogens is 292 g/mol. The maximum Gasteiger partial charge on any atom is 0.329 e. The van der Waals surface area contributed by atoms with Crippen molar-refractivity contribution in [3.05, 3.63) is 29.0 Å². The Hall–Kier alpha value is -1.62. The van der Waals surface area contributed by atoms with Crippen molar-refractivity contribution in [2.45, 2.75) is 46.3 Å². The third kappa shape index (κ3) is 5.71. The van der Waals surface area contributed by atoms with Gasteiger partial charge in [-0.05, 0) is 38.8 Å². The zero-order valence-electron chi connectivity index (χ0n) is 12.9. The predicted molar refractivity (Wildman–Crippen MR) is 81.2 cm³/mol. The first-order chi connectivity index (χ1) is 9.60. The first-order valence-electron chi connectivity index (χ1n) is 6.75. The topological polar surface area (TPSA) is 68.3 Å². The van der Waals surface area contributed by atoms with Crippen LogP contribution >= 0.6 is 11.6 Å². The number of carbonyl (C=O) groups is 2. The van der Waals surface area contributed by atoms with E-state index in [0.717, 1.165) is 0 Å². The van der Waals surface area contributed by atoms with Gasteiger partial charge in [-0.1, -0.05) is 25.4 Å². The van der Waals surface area contributed by atoms with Crippen LogP contribution in [0.4, 0.5) is 0 Å². The summed E-state index contributed by atoms with van der Waals surface area (Å²) in [5.41, 5.74) is -0.259. The highest BCUT2D eigenvalue weighted by atomic mass is 35.5. The van der Waals surface area contributed by atoms with Gasteiger partial charge in [0.1, 0.15) is 16.8 Å². The highest BCUT2D eigenvalue weighted by molar-refractivity contribution is 6.29. The molecule has 0 saturated carbocycles. The Morgan fingerprint density at radius 1 is 1.29 bits per heavy atom. The standard InChI is InChI=1S/C15H21ClN2O3/c1-9(2)12(14(20)21-15(3,4)5)18-13(19)10-6-7-11(16)17-8-10/h6-9,12H,1-5H3,(H,18,19)/t12-/m1/s1. The van der Waals surface area contributed by atoms with Crippen LogP contribution in [-0.2, 0) is 9.53 Å². The van der Waals surface area contributed by atoms with Crippen LogP contribution in [0, 0.1) is 5.92 Å². The summed E-state index contributed by atoms with van der Waals surface area (Å²) in [6.45, 7) is 9.04. The summed E-state index contributed by atoms with van der Waals surface area (Å²) in [6.07, 6.45) is 1.37. The third-order valence-corrected chi connectivity index (χ3v) is 2.83. The number of nitrogens with one attached hydrogen (secondary N) is 1.